The number of amides is 3. The SMILES string of the molecule is O=C1CC[C@@H](N2Cc3cc(N4CCN(CC5CCN(c6ccc([C@@H]7c8ccc(O)cc8CC[C@@H]7C7CCOCC7)cc6F)CC5)CC4)ccc3C2=O)C(=O)N1. The van der Waals surface area contributed by atoms with Gasteiger partial charge in [-0.2, -0.15) is 0 Å². The van der Waals surface area contributed by atoms with Crippen molar-refractivity contribution in [2.24, 2.45) is 17.8 Å². The van der Waals surface area contributed by atoms with E-state index in [0.29, 0.717) is 47.7 Å². The Kier molecular flexibility index (Phi) is 10.0. The number of nitrogens with zero attached hydrogens (tertiary/aromatic N) is 4. The lowest BCUT2D eigenvalue weighted by Gasteiger charge is -2.41. The van der Waals surface area contributed by atoms with Crippen LogP contribution in [0, 0.1) is 23.6 Å². The number of nitrogens with one attached hydrogen (secondary N) is 1. The first-order valence-electron chi connectivity index (χ1n) is 20.5. The van der Waals surface area contributed by atoms with Crippen LogP contribution in [0.15, 0.2) is 54.6 Å². The van der Waals surface area contributed by atoms with Crippen LogP contribution in [0.1, 0.15) is 83.5 Å². The lowest BCUT2D eigenvalue weighted by Crippen LogP contribution is -2.52. The van der Waals surface area contributed by atoms with E-state index in [4.69, 9.17) is 4.74 Å². The molecule has 5 aliphatic heterocycles. The van der Waals surface area contributed by atoms with Crippen molar-refractivity contribution in [1.29, 1.82) is 0 Å². The van der Waals surface area contributed by atoms with E-state index in [1.807, 2.05) is 24.3 Å². The number of piperazine rings is 1. The number of imide groups is 1. The Labute approximate surface area is 322 Å². The number of phenols is 1. The van der Waals surface area contributed by atoms with Crippen molar-refractivity contribution in [3.63, 3.8) is 0 Å². The average Bonchev–Trinajstić information content (AvgIpc) is 3.53. The Balaban J connectivity index is 0.787. The molecule has 0 unspecified atom stereocenters. The van der Waals surface area contributed by atoms with Crippen molar-refractivity contribution < 1.29 is 28.6 Å². The van der Waals surface area contributed by atoms with Crippen LogP contribution in [-0.2, 0) is 27.3 Å². The van der Waals surface area contributed by atoms with Gasteiger partial charge in [-0.3, -0.25) is 24.6 Å². The second-order valence-electron chi connectivity index (χ2n) is 16.7. The van der Waals surface area contributed by atoms with Crippen LogP contribution in [0.3, 0.4) is 0 Å². The number of carbonyl (C=O) groups excluding carboxylic acids is 3. The fourth-order valence-electron chi connectivity index (χ4n) is 10.6. The zero-order valence-corrected chi connectivity index (χ0v) is 31.6. The summed E-state index contributed by atoms with van der Waals surface area (Å²) in [4.78, 5) is 46.0. The van der Waals surface area contributed by atoms with Gasteiger partial charge in [-0.05, 0) is 127 Å². The van der Waals surface area contributed by atoms with Gasteiger partial charge in [-0.1, -0.05) is 12.1 Å². The van der Waals surface area contributed by atoms with Crippen LogP contribution in [0.4, 0.5) is 15.8 Å². The highest BCUT2D eigenvalue weighted by atomic mass is 19.1. The van der Waals surface area contributed by atoms with Gasteiger partial charge in [0.05, 0.1) is 5.69 Å². The predicted molar refractivity (Wildman–Crippen MR) is 208 cm³/mol. The molecule has 4 fully saturated rings. The van der Waals surface area contributed by atoms with Gasteiger partial charge in [0.2, 0.25) is 11.8 Å². The van der Waals surface area contributed by atoms with Crippen LogP contribution < -0.4 is 15.1 Å². The Hall–Kier alpha value is -4.48. The molecule has 5 heterocycles. The summed E-state index contributed by atoms with van der Waals surface area (Å²) in [5, 5.41) is 12.6. The Bertz CT molecular complexity index is 1950. The number of ether oxygens (including phenoxy) is 1. The molecule has 0 aromatic heterocycles. The fourth-order valence-corrected chi connectivity index (χ4v) is 10.6. The minimum Gasteiger partial charge on any atom is -0.508 e. The number of hydrogen-bond acceptors (Lipinski definition) is 8. The first kappa shape index (κ1) is 36.2. The van der Waals surface area contributed by atoms with Gasteiger partial charge in [0.15, 0.2) is 0 Å². The van der Waals surface area contributed by atoms with Crippen molar-refractivity contribution >= 4 is 29.1 Å². The number of aryl methyl sites for hydroxylation is 1. The highest BCUT2D eigenvalue weighted by Gasteiger charge is 2.40. The molecule has 0 radical (unpaired) electrons. The number of benzene rings is 3. The number of anilines is 2. The summed E-state index contributed by atoms with van der Waals surface area (Å²) in [6.07, 6.45) is 6.77. The van der Waals surface area contributed by atoms with Crippen molar-refractivity contribution in [2.45, 2.75) is 69.9 Å². The maximum atomic E-state index is 16.1. The van der Waals surface area contributed by atoms with Gasteiger partial charge in [-0.25, -0.2) is 4.39 Å². The number of rotatable bonds is 7. The molecule has 0 spiro atoms. The molecule has 290 valence electrons. The number of fused-ring (bicyclic) bond motifs is 2. The van der Waals surface area contributed by atoms with E-state index < -0.39 is 6.04 Å². The largest absolute Gasteiger partial charge is 0.508 e. The molecule has 4 saturated heterocycles. The first-order valence-corrected chi connectivity index (χ1v) is 20.5. The van der Waals surface area contributed by atoms with E-state index in [9.17, 15) is 19.5 Å². The monoisotopic (exact) mass is 749 g/mol. The van der Waals surface area contributed by atoms with Gasteiger partial charge in [0, 0.05) is 89.2 Å². The molecule has 11 heteroatoms. The Morgan fingerprint density at radius 3 is 2.35 bits per heavy atom. The number of phenolic OH excluding ortho intramolecular Hbond substituents is 1. The second-order valence-corrected chi connectivity index (χ2v) is 16.7. The molecule has 2 N–H and O–H groups in total. The minimum absolute atomic E-state index is 0.115. The zero-order valence-electron chi connectivity index (χ0n) is 31.6. The maximum Gasteiger partial charge on any atom is 0.255 e. The number of piperidine rings is 2. The van der Waals surface area contributed by atoms with E-state index in [1.54, 1.807) is 17.0 Å². The summed E-state index contributed by atoms with van der Waals surface area (Å²) < 4.78 is 21.8. The summed E-state index contributed by atoms with van der Waals surface area (Å²) in [6, 6.07) is 17.1. The molecule has 0 bridgehead atoms. The third-order valence-electron chi connectivity index (χ3n) is 13.6. The van der Waals surface area contributed by atoms with E-state index in [1.165, 1.54) is 11.1 Å². The standard InChI is InChI=1S/C44H52FN5O5/c45-38-25-31(42-35(29-13-21-55-22-14-29)5-1-30-24-34(51)4-7-36(30)42)2-8-39(38)49-15-11-28(12-16-49)26-47-17-19-48(20-18-47)33-3-6-37-32(23-33)27-50(44(37)54)40-9-10-41(52)46-43(40)53/h2-4,6-8,23-25,28-29,35,40,42,51H,1,5,9-22,26-27H2,(H,46,52,53)/t35-,40-,42+/m1/s1. The van der Waals surface area contributed by atoms with Crippen LogP contribution in [0.2, 0.25) is 0 Å². The van der Waals surface area contributed by atoms with Crippen molar-refractivity contribution in [3.05, 3.63) is 88.2 Å². The van der Waals surface area contributed by atoms with Gasteiger partial charge >= 0.3 is 0 Å². The zero-order chi connectivity index (χ0) is 37.6. The third-order valence-corrected chi connectivity index (χ3v) is 13.6. The van der Waals surface area contributed by atoms with E-state index >= 15 is 4.39 Å². The second kappa shape index (κ2) is 15.2. The molecule has 3 amide bonds. The predicted octanol–water partition coefficient (Wildman–Crippen LogP) is 5.45. The highest BCUT2D eigenvalue weighted by molar-refractivity contribution is 6.05. The van der Waals surface area contributed by atoms with Crippen molar-refractivity contribution in [1.82, 2.24) is 15.1 Å². The summed E-state index contributed by atoms with van der Waals surface area (Å²) in [7, 11) is 0. The van der Waals surface area contributed by atoms with E-state index in [0.717, 1.165) is 114 Å². The molecule has 55 heavy (non-hydrogen) atoms. The molecule has 10 nitrogen and oxygen atoms in total. The molecular formula is C44H52FN5O5. The van der Waals surface area contributed by atoms with Gasteiger partial charge in [0.25, 0.3) is 5.91 Å². The van der Waals surface area contributed by atoms with E-state index in [2.05, 4.69) is 38.2 Å². The average molecular weight is 750 g/mol. The van der Waals surface area contributed by atoms with Crippen LogP contribution in [-0.4, -0.2) is 97.7 Å². The summed E-state index contributed by atoms with van der Waals surface area (Å²) in [5.41, 5.74) is 6.84. The van der Waals surface area contributed by atoms with Crippen molar-refractivity contribution in [3.8, 4) is 5.75 Å². The topological polar surface area (TPSA) is 106 Å². The van der Waals surface area contributed by atoms with Crippen LogP contribution in [0.5, 0.6) is 5.75 Å². The van der Waals surface area contributed by atoms with Gasteiger partial charge in [-0.15, -0.1) is 0 Å². The molecule has 6 aliphatic rings. The molecule has 3 aromatic carbocycles. The Morgan fingerprint density at radius 1 is 0.782 bits per heavy atom. The normalized spacial score (nSPS) is 25.6. The molecule has 3 atom stereocenters. The van der Waals surface area contributed by atoms with Gasteiger partial charge in [0.1, 0.15) is 17.6 Å². The summed E-state index contributed by atoms with van der Waals surface area (Å²) in [6.45, 7) is 8.47. The molecular weight excluding hydrogens is 698 g/mol. The van der Waals surface area contributed by atoms with Crippen LogP contribution in [0.25, 0.3) is 0 Å². The first-order chi connectivity index (χ1) is 26.8. The lowest BCUT2D eigenvalue weighted by molar-refractivity contribution is -0.136. The summed E-state index contributed by atoms with van der Waals surface area (Å²) in [5.74, 6) is 1.03. The molecule has 3 aromatic rings. The lowest BCUT2D eigenvalue weighted by atomic mass is 9.65. The number of carbonyl (C=O) groups is 3. The fraction of sp³-hybridized carbons (Fsp3) is 0.523. The summed E-state index contributed by atoms with van der Waals surface area (Å²) >= 11 is 0. The number of aromatic hydroxyl groups is 1. The highest BCUT2D eigenvalue weighted by Crippen LogP contribution is 2.48. The number of halogens is 1. The maximum absolute atomic E-state index is 16.1. The third kappa shape index (κ3) is 7.21. The quantitative estimate of drug-likeness (QED) is 0.308. The van der Waals surface area contributed by atoms with Gasteiger partial charge < -0.3 is 24.5 Å². The van der Waals surface area contributed by atoms with Crippen molar-refractivity contribution in [2.75, 3.05) is 68.8 Å². The molecule has 9 rings (SSSR count). The molecule has 0 saturated carbocycles. The van der Waals surface area contributed by atoms with Crippen LogP contribution >= 0.6 is 0 Å². The smallest absolute Gasteiger partial charge is 0.255 e. The van der Waals surface area contributed by atoms with E-state index in [-0.39, 0.29) is 35.9 Å². The Morgan fingerprint density at radius 2 is 1.58 bits per heavy atom. The number of hydrogen-bond donors (Lipinski definition) is 2. The minimum atomic E-state index is -0.603. The molecule has 1 aliphatic carbocycles.